The first-order valence-corrected chi connectivity index (χ1v) is 16.4. The molecule has 2 rings (SSSR count). The van der Waals surface area contributed by atoms with Crippen LogP contribution in [0.25, 0.3) is 0 Å². The summed E-state index contributed by atoms with van der Waals surface area (Å²) < 4.78 is 14.1. The average molecular weight is 449 g/mol. The molecule has 0 amide bonds. The van der Waals surface area contributed by atoms with Crippen LogP contribution in [0.3, 0.4) is 0 Å². The molecule has 180 valence electrons. The molecule has 2 atom stereocenters. The van der Waals surface area contributed by atoms with Gasteiger partial charge in [-0.3, -0.25) is 0 Å². The maximum Gasteiger partial charge on any atom is 0.363 e. The van der Waals surface area contributed by atoms with Crippen LogP contribution in [0.5, 0.6) is 0 Å². The summed E-state index contributed by atoms with van der Waals surface area (Å²) in [5.74, 6) is 3.47. The molecule has 2 saturated carbocycles. The first kappa shape index (κ1) is 27.0. The topological polar surface area (TPSA) is 18.5 Å². The van der Waals surface area contributed by atoms with Gasteiger partial charge in [0.15, 0.2) is 8.32 Å². The van der Waals surface area contributed by atoms with Crippen molar-refractivity contribution in [3.8, 4) is 0 Å². The zero-order chi connectivity index (χ0) is 23.2. The molecule has 0 heterocycles. The molecule has 0 radical (unpaired) electrons. The molecule has 2 aliphatic carbocycles. The summed E-state index contributed by atoms with van der Waals surface area (Å²) in [6.45, 7) is 21.4. The summed E-state index contributed by atoms with van der Waals surface area (Å²) in [6, 6.07) is 0. The van der Waals surface area contributed by atoms with Gasteiger partial charge in [0, 0.05) is 5.92 Å². The highest BCUT2D eigenvalue weighted by atomic mass is 28.4. The predicted molar refractivity (Wildman–Crippen MR) is 140 cm³/mol. The SMILES string of the molecule is C/C=C(/OB(C1CCCCC1)C1CCCCC1)[C@@H](C)[C@H](O[Si](C)(C)C(C)(C)C)C(C)C. The van der Waals surface area contributed by atoms with Crippen LogP contribution < -0.4 is 0 Å². The molecule has 4 heteroatoms. The molecular formula is C27H53BO2Si. The van der Waals surface area contributed by atoms with E-state index < -0.39 is 8.32 Å². The van der Waals surface area contributed by atoms with Crippen LogP contribution in [0, 0.1) is 11.8 Å². The Morgan fingerprint density at radius 3 is 1.68 bits per heavy atom. The van der Waals surface area contributed by atoms with Crippen molar-refractivity contribution in [2.75, 3.05) is 0 Å². The molecule has 31 heavy (non-hydrogen) atoms. The van der Waals surface area contributed by atoms with Gasteiger partial charge in [0.2, 0.25) is 0 Å². The fourth-order valence-corrected chi connectivity index (χ4v) is 7.10. The predicted octanol–water partition coefficient (Wildman–Crippen LogP) is 9.25. The van der Waals surface area contributed by atoms with Crippen LogP contribution in [0.2, 0.25) is 29.8 Å². The second-order valence-corrected chi connectivity index (χ2v) is 17.2. The van der Waals surface area contributed by atoms with Crippen molar-refractivity contribution in [3.63, 3.8) is 0 Å². The summed E-state index contributed by atoms with van der Waals surface area (Å²) in [5.41, 5.74) is 0. The standard InChI is InChI=1S/C27H53BO2Si/c1-10-25(22(4)26(21(2)3)30-31(8,9)27(5,6)7)29-28(23-17-13-11-14-18-23)24-19-15-12-16-20-24/h10,21-24,26H,11-20H2,1-9H3/b25-10+/t22-,26-/m1/s1. The fraction of sp³-hybridized carbons (Fsp3) is 0.926. The first-order chi connectivity index (χ1) is 14.5. The van der Waals surface area contributed by atoms with Gasteiger partial charge in [-0.1, -0.05) is 112 Å². The van der Waals surface area contributed by atoms with Crippen molar-refractivity contribution in [3.05, 3.63) is 11.8 Å². The summed E-state index contributed by atoms with van der Waals surface area (Å²) in [5, 5.41) is 0.226. The maximum atomic E-state index is 7.07. The monoisotopic (exact) mass is 448 g/mol. The molecule has 0 unspecified atom stereocenters. The van der Waals surface area contributed by atoms with E-state index in [1.54, 1.807) is 0 Å². The highest BCUT2D eigenvalue weighted by Crippen LogP contribution is 2.44. The Labute approximate surface area is 196 Å². The Balaban J connectivity index is 2.20. The van der Waals surface area contributed by atoms with Gasteiger partial charge in [-0.05, 0) is 42.6 Å². The smallest absolute Gasteiger partial charge is 0.363 e. The minimum absolute atomic E-state index is 0.213. The van der Waals surface area contributed by atoms with E-state index in [0.717, 1.165) is 11.6 Å². The van der Waals surface area contributed by atoms with E-state index in [9.17, 15) is 0 Å². The Hall–Kier alpha value is -0.218. The molecule has 0 saturated heterocycles. The maximum absolute atomic E-state index is 7.07. The zero-order valence-corrected chi connectivity index (χ0v) is 23.4. The molecule has 2 nitrogen and oxygen atoms in total. The van der Waals surface area contributed by atoms with Crippen molar-refractivity contribution < 1.29 is 9.08 Å². The molecule has 0 aliphatic heterocycles. The van der Waals surface area contributed by atoms with E-state index in [4.69, 9.17) is 9.08 Å². The van der Waals surface area contributed by atoms with Crippen LogP contribution in [-0.4, -0.2) is 21.3 Å². The molecule has 0 aromatic rings. The quantitative estimate of drug-likeness (QED) is 0.258. The summed E-state index contributed by atoms with van der Waals surface area (Å²) >= 11 is 0. The third-order valence-electron chi connectivity index (χ3n) is 8.62. The Kier molecular flexibility index (Phi) is 10.3. The van der Waals surface area contributed by atoms with Gasteiger partial charge < -0.3 is 9.08 Å². The van der Waals surface area contributed by atoms with Gasteiger partial charge in [-0.2, -0.15) is 0 Å². The van der Waals surface area contributed by atoms with Crippen LogP contribution in [0.4, 0.5) is 0 Å². The van der Waals surface area contributed by atoms with Crippen molar-refractivity contribution in [1.29, 1.82) is 0 Å². The normalized spacial score (nSPS) is 22.5. The van der Waals surface area contributed by atoms with Crippen molar-refractivity contribution in [1.82, 2.24) is 0 Å². The first-order valence-electron chi connectivity index (χ1n) is 13.5. The minimum atomic E-state index is -1.84. The van der Waals surface area contributed by atoms with Gasteiger partial charge in [-0.15, -0.1) is 0 Å². The third-order valence-corrected chi connectivity index (χ3v) is 13.1. The van der Waals surface area contributed by atoms with Crippen LogP contribution in [0.1, 0.15) is 113 Å². The highest BCUT2D eigenvalue weighted by molar-refractivity contribution is 6.74. The number of rotatable bonds is 9. The van der Waals surface area contributed by atoms with Gasteiger partial charge in [0.1, 0.15) is 0 Å². The van der Waals surface area contributed by atoms with E-state index in [-0.39, 0.29) is 11.1 Å². The molecule has 0 spiro atoms. The highest BCUT2D eigenvalue weighted by Gasteiger charge is 2.43. The van der Waals surface area contributed by atoms with Gasteiger partial charge >= 0.3 is 6.92 Å². The fourth-order valence-electron chi connectivity index (χ4n) is 5.59. The lowest BCUT2D eigenvalue weighted by atomic mass is 9.41. The van der Waals surface area contributed by atoms with E-state index >= 15 is 0 Å². The average Bonchev–Trinajstić information content (AvgIpc) is 2.72. The van der Waals surface area contributed by atoms with Crippen molar-refractivity contribution >= 4 is 15.2 Å². The Morgan fingerprint density at radius 1 is 0.871 bits per heavy atom. The van der Waals surface area contributed by atoms with E-state index in [2.05, 4.69) is 67.6 Å². The van der Waals surface area contributed by atoms with Gasteiger partial charge in [0.05, 0.1) is 11.9 Å². The molecule has 2 fully saturated rings. The molecule has 0 aromatic heterocycles. The minimum Gasteiger partial charge on any atom is -0.563 e. The van der Waals surface area contributed by atoms with E-state index in [1.165, 1.54) is 70.0 Å². The second kappa shape index (κ2) is 11.8. The van der Waals surface area contributed by atoms with Crippen molar-refractivity contribution in [2.24, 2.45) is 11.8 Å². The van der Waals surface area contributed by atoms with Crippen LogP contribution in [-0.2, 0) is 9.08 Å². The molecule has 0 bridgehead atoms. The lowest BCUT2D eigenvalue weighted by Crippen LogP contribution is -2.47. The molecule has 0 aromatic carbocycles. The number of hydrogen-bond acceptors (Lipinski definition) is 2. The number of hydrogen-bond donors (Lipinski definition) is 0. The largest absolute Gasteiger partial charge is 0.563 e. The Bertz CT molecular complexity index is 536. The summed E-state index contributed by atoms with van der Waals surface area (Å²) in [7, 11) is -1.84. The zero-order valence-electron chi connectivity index (χ0n) is 22.4. The van der Waals surface area contributed by atoms with Gasteiger partial charge in [0.25, 0.3) is 0 Å². The second-order valence-electron chi connectivity index (χ2n) is 12.4. The number of allylic oxidation sites excluding steroid dienone is 1. The lowest BCUT2D eigenvalue weighted by Gasteiger charge is -2.43. The third kappa shape index (κ3) is 7.39. The van der Waals surface area contributed by atoms with Crippen LogP contribution >= 0.6 is 0 Å². The lowest BCUT2D eigenvalue weighted by molar-refractivity contribution is 0.0796. The molecule has 0 N–H and O–H groups in total. The van der Waals surface area contributed by atoms with E-state index in [0.29, 0.717) is 18.8 Å². The summed E-state index contributed by atoms with van der Waals surface area (Å²) in [6.07, 6.45) is 16.3. The summed E-state index contributed by atoms with van der Waals surface area (Å²) in [4.78, 5) is 0. The van der Waals surface area contributed by atoms with Gasteiger partial charge in [-0.25, -0.2) is 0 Å². The van der Waals surface area contributed by atoms with Crippen molar-refractivity contribution in [2.45, 2.75) is 149 Å². The molecular weight excluding hydrogens is 395 g/mol. The van der Waals surface area contributed by atoms with Crippen LogP contribution in [0.15, 0.2) is 11.8 Å². The molecule has 2 aliphatic rings. The Morgan fingerprint density at radius 2 is 1.32 bits per heavy atom. The van der Waals surface area contributed by atoms with E-state index in [1.807, 2.05) is 0 Å².